The predicted octanol–water partition coefficient (Wildman–Crippen LogP) is 2.90. The molecule has 1 aliphatic heterocycles. The van der Waals surface area contributed by atoms with E-state index in [2.05, 4.69) is 33.4 Å². The fourth-order valence-corrected chi connectivity index (χ4v) is 3.22. The Kier molecular flexibility index (Phi) is 7.99. The monoisotopic (exact) mass is 393 g/mol. The molecule has 7 nitrogen and oxygen atoms in total. The summed E-state index contributed by atoms with van der Waals surface area (Å²) in [6.07, 6.45) is 4.69. The molecule has 1 aromatic carbocycles. The number of carbonyl (C=O) groups excluding carboxylic acids is 1. The van der Waals surface area contributed by atoms with Crippen molar-refractivity contribution < 1.29 is 9.53 Å². The van der Waals surface area contributed by atoms with Crippen molar-refractivity contribution in [1.82, 2.24) is 14.8 Å². The van der Waals surface area contributed by atoms with Crippen molar-refractivity contribution in [1.29, 1.82) is 5.26 Å². The highest BCUT2D eigenvalue weighted by Crippen LogP contribution is 2.13. The van der Waals surface area contributed by atoms with Crippen LogP contribution >= 0.6 is 0 Å². The molecule has 0 atom stereocenters. The number of nitriles is 1. The van der Waals surface area contributed by atoms with Gasteiger partial charge in [0.15, 0.2) is 0 Å². The summed E-state index contributed by atoms with van der Waals surface area (Å²) >= 11 is 0. The molecule has 29 heavy (non-hydrogen) atoms. The number of rotatable bonds is 8. The first-order valence-corrected chi connectivity index (χ1v) is 9.95. The maximum absolute atomic E-state index is 12.7. The molecule has 1 fully saturated rings. The average Bonchev–Trinajstić information content (AvgIpc) is 2.77. The van der Waals surface area contributed by atoms with E-state index in [0.717, 1.165) is 50.5 Å². The van der Waals surface area contributed by atoms with Gasteiger partial charge in [-0.1, -0.05) is 18.2 Å². The van der Waals surface area contributed by atoms with Crippen molar-refractivity contribution >= 4 is 11.7 Å². The fraction of sp³-hybridized carbons (Fsp3) is 0.409. The van der Waals surface area contributed by atoms with Crippen LogP contribution in [0.1, 0.15) is 17.5 Å². The molecule has 7 heteroatoms. The lowest BCUT2D eigenvalue weighted by molar-refractivity contribution is 0.0384. The van der Waals surface area contributed by atoms with E-state index in [1.54, 1.807) is 17.3 Å². The summed E-state index contributed by atoms with van der Waals surface area (Å²) in [7, 11) is 0. The van der Waals surface area contributed by atoms with E-state index in [1.165, 1.54) is 5.56 Å². The van der Waals surface area contributed by atoms with Crippen molar-refractivity contribution in [3.63, 3.8) is 0 Å². The molecule has 1 aromatic heterocycles. The van der Waals surface area contributed by atoms with E-state index in [9.17, 15) is 4.79 Å². The Labute approximate surface area is 171 Å². The molecule has 152 valence electrons. The second kappa shape index (κ2) is 11.1. The zero-order valence-corrected chi connectivity index (χ0v) is 16.6. The molecule has 2 aromatic rings. The Morgan fingerprint density at radius 3 is 2.69 bits per heavy atom. The number of urea groups is 1. The van der Waals surface area contributed by atoms with E-state index in [1.807, 2.05) is 24.3 Å². The van der Waals surface area contributed by atoms with Gasteiger partial charge in [-0.3, -0.25) is 9.88 Å². The largest absolute Gasteiger partial charge is 0.379 e. The van der Waals surface area contributed by atoms with Crippen molar-refractivity contribution in [2.45, 2.75) is 19.4 Å². The third-order valence-electron chi connectivity index (χ3n) is 4.90. The second-order valence-corrected chi connectivity index (χ2v) is 7.02. The lowest BCUT2D eigenvalue weighted by Crippen LogP contribution is -2.37. The Balaban J connectivity index is 1.53. The van der Waals surface area contributed by atoms with Gasteiger partial charge >= 0.3 is 6.03 Å². The molecule has 2 heterocycles. The molecule has 0 radical (unpaired) electrons. The summed E-state index contributed by atoms with van der Waals surface area (Å²) in [5.74, 6) is 0. The number of hydrogen-bond acceptors (Lipinski definition) is 5. The summed E-state index contributed by atoms with van der Waals surface area (Å²) in [4.78, 5) is 20.8. The van der Waals surface area contributed by atoms with Crippen LogP contribution in [0.5, 0.6) is 0 Å². The maximum Gasteiger partial charge on any atom is 0.322 e. The molecule has 0 bridgehead atoms. The van der Waals surface area contributed by atoms with Gasteiger partial charge in [0.05, 0.1) is 25.7 Å². The van der Waals surface area contributed by atoms with Crippen LogP contribution in [0.3, 0.4) is 0 Å². The molecule has 1 aliphatic rings. The Hall–Kier alpha value is -2.95. The average molecular weight is 393 g/mol. The number of anilines is 1. The minimum absolute atomic E-state index is 0.217. The third-order valence-corrected chi connectivity index (χ3v) is 4.90. The van der Waals surface area contributed by atoms with E-state index in [0.29, 0.717) is 13.1 Å². The maximum atomic E-state index is 12.7. The quantitative estimate of drug-likeness (QED) is 0.746. The molecular formula is C22H27N5O2. The number of nitrogens with zero attached hydrogens (tertiary/aromatic N) is 4. The van der Waals surface area contributed by atoms with Gasteiger partial charge in [0.2, 0.25) is 0 Å². The number of benzene rings is 1. The number of aromatic nitrogens is 1. The number of morpholine rings is 1. The van der Waals surface area contributed by atoms with Gasteiger partial charge in [0, 0.05) is 50.8 Å². The molecule has 1 saturated heterocycles. The zero-order chi connectivity index (χ0) is 20.3. The smallest absolute Gasteiger partial charge is 0.322 e. The number of amides is 2. The first kappa shape index (κ1) is 20.8. The summed E-state index contributed by atoms with van der Waals surface area (Å²) < 4.78 is 5.38. The van der Waals surface area contributed by atoms with Crippen molar-refractivity contribution in [2.75, 3.05) is 44.7 Å². The third kappa shape index (κ3) is 6.86. The Morgan fingerprint density at radius 1 is 1.21 bits per heavy atom. The minimum atomic E-state index is -0.217. The van der Waals surface area contributed by atoms with Crippen LogP contribution < -0.4 is 5.32 Å². The number of hydrogen-bond donors (Lipinski definition) is 1. The molecule has 0 aliphatic carbocycles. The van der Waals surface area contributed by atoms with Crippen molar-refractivity contribution in [3.05, 3.63) is 59.9 Å². The number of pyridine rings is 1. The van der Waals surface area contributed by atoms with Gasteiger partial charge in [-0.2, -0.15) is 5.26 Å². The molecule has 0 spiro atoms. The summed E-state index contributed by atoms with van der Waals surface area (Å²) in [5, 5.41) is 11.8. The molecule has 0 saturated carbocycles. The standard InChI is InChI=1S/C22H27N5O2/c23-9-2-11-27(18-20-3-1-10-24-17-20)22(28)25-21-6-4-19(5-7-21)8-12-26-13-15-29-16-14-26/h1,3-7,10,17H,2,8,11-16,18H2,(H,25,28). The molecule has 3 rings (SSSR count). The van der Waals surface area contributed by atoms with Crippen LogP contribution in [0, 0.1) is 11.3 Å². The summed E-state index contributed by atoms with van der Waals surface area (Å²) in [6, 6.07) is 13.6. The zero-order valence-electron chi connectivity index (χ0n) is 16.6. The minimum Gasteiger partial charge on any atom is -0.379 e. The number of carbonyl (C=O) groups is 1. The van der Waals surface area contributed by atoms with Gasteiger partial charge in [-0.15, -0.1) is 0 Å². The first-order chi connectivity index (χ1) is 14.2. The lowest BCUT2D eigenvalue weighted by atomic mass is 10.1. The summed E-state index contributed by atoms with van der Waals surface area (Å²) in [5.41, 5.74) is 2.92. The molecular weight excluding hydrogens is 366 g/mol. The van der Waals surface area contributed by atoms with Crippen LogP contribution in [0.2, 0.25) is 0 Å². The van der Waals surface area contributed by atoms with E-state index >= 15 is 0 Å². The van der Waals surface area contributed by atoms with Gasteiger partial charge in [0.1, 0.15) is 0 Å². The van der Waals surface area contributed by atoms with Crippen LogP contribution in [0.15, 0.2) is 48.8 Å². The van der Waals surface area contributed by atoms with Crippen LogP contribution in [0.25, 0.3) is 0 Å². The molecule has 1 N–H and O–H groups in total. The van der Waals surface area contributed by atoms with Crippen LogP contribution in [-0.2, 0) is 17.7 Å². The van der Waals surface area contributed by atoms with Gasteiger partial charge in [0.25, 0.3) is 0 Å². The Bertz CT molecular complexity index is 798. The highest BCUT2D eigenvalue weighted by Gasteiger charge is 2.14. The fourth-order valence-electron chi connectivity index (χ4n) is 3.22. The predicted molar refractivity (Wildman–Crippen MR) is 111 cm³/mol. The topological polar surface area (TPSA) is 81.5 Å². The van der Waals surface area contributed by atoms with Gasteiger partial charge in [-0.25, -0.2) is 4.79 Å². The second-order valence-electron chi connectivity index (χ2n) is 7.02. The van der Waals surface area contributed by atoms with E-state index < -0.39 is 0 Å². The van der Waals surface area contributed by atoms with Crippen LogP contribution in [0.4, 0.5) is 10.5 Å². The highest BCUT2D eigenvalue weighted by molar-refractivity contribution is 5.89. The molecule has 2 amide bonds. The summed E-state index contributed by atoms with van der Waals surface area (Å²) in [6.45, 7) is 5.40. The number of ether oxygens (including phenoxy) is 1. The Morgan fingerprint density at radius 2 is 2.00 bits per heavy atom. The van der Waals surface area contributed by atoms with E-state index in [-0.39, 0.29) is 12.5 Å². The van der Waals surface area contributed by atoms with E-state index in [4.69, 9.17) is 10.00 Å². The van der Waals surface area contributed by atoms with Crippen molar-refractivity contribution in [2.24, 2.45) is 0 Å². The van der Waals surface area contributed by atoms with Gasteiger partial charge in [-0.05, 0) is 35.7 Å². The van der Waals surface area contributed by atoms with Gasteiger partial charge < -0.3 is 15.0 Å². The number of nitrogens with one attached hydrogen (secondary N) is 1. The molecule has 0 unspecified atom stereocenters. The first-order valence-electron chi connectivity index (χ1n) is 9.95. The van der Waals surface area contributed by atoms with Crippen molar-refractivity contribution in [3.8, 4) is 6.07 Å². The highest BCUT2D eigenvalue weighted by atomic mass is 16.5. The SMILES string of the molecule is N#CCCN(Cc1cccnc1)C(=O)Nc1ccc(CCN2CCOCC2)cc1. The van der Waals surface area contributed by atoms with Crippen LogP contribution in [-0.4, -0.2) is 60.2 Å². The lowest BCUT2D eigenvalue weighted by Gasteiger charge is -2.26. The normalized spacial score (nSPS) is 14.2.